The minimum atomic E-state index is -0.148. The molecule has 0 aromatic heterocycles. The van der Waals surface area contributed by atoms with E-state index in [2.05, 4.69) is 41.7 Å². The van der Waals surface area contributed by atoms with Crippen LogP contribution in [0.1, 0.15) is 24.0 Å². The lowest BCUT2D eigenvalue weighted by Crippen LogP contribution is -2.18. The van der Waals surface area contributed by atoms with Gasteiger partial charge in [0.1, 0.15) is 0 Å². The lowest BCUT2D eigenvalue weighted by Gasteiger charge is -1.92. The fraction of sp³-hybridized carbons (Fsp3) is 0.111. The molecule has 0 radical (unpaired) electrons. The van der Waals surface area contributed by atoms with Crippen molar-refractivity contribution in [3.63, 3.8) is 0 Å². The van der Waals surface area contributed by atoms with Crippen molar-refractivity contribution in [3.05, 3.63) is 71.8 Å². The summed E-state index contributed by atoms with van der Waals surface area (Å²) in [6.45, 7) is 0. The van der Waals surface area contributed by atoms with Crippen LogP contribution in [0.5, 0.6) is 0 Å². The van der Waals surface area contributed by atoms with Crippen molar-refractivity contribution in [3.8, 4) is 0 Å². The van der Waals surface area contributed by atoms with Gasteiger partial charge < -0.3 is 0 Å². The van der Waals surface area contributed by atoms with Crippen LogP contribution in [0.3, 0.4) is 0 Å². The first-order chi connectivity index (χ1) is 10.2. The summed E-state index contributed by atoms with van der Waals surface area (Å²) in [5.74, 6) is -0.296. The first-order valence-electron chi connectivity index (χ1n) is 6.85. The second kappa shape index (κ2) is 7.80. The Morgan fingerprint density at radius 1 is 0.667 bits per heavy atom. The van der Waals surface area contributed by atoms with E-state index in [1.807, 2.05) is 36.4 Å². The molecule has 0 aliphatic carbocycles. The van der Waals surface area contributed by atoms with E-state index in [1.54, 1.807) is 0 Å². The minimum Gasteiger partial charge on any atom is -0.296 e. The molecular formula is C18H17NO2. The molecule has 0 saturated carbocycles. The molecule has 0 unspecified atom stereocenters. The maximum absolute atomic E-state index is 10.1. The van der Waals surface area contributed by atoms with Crippen molar-refractivity contribution in [1.82, 2.24) is 5.32 Å². The van der Waals surface area contributed by atoms with E-state index in [4.69, 9.17) is 0 Å². The highest BCUT2D eigenvalue weighted by Crippen LogP contribution is 2.06. The smallest absolute Gasteiger partial charge is 0.227 e. The molecule has 3 nitrogen and oxygen atoms in total. The summed E-state index contributed by atoms with van der Waals surface area (Å²) in [7, 11) is 0. The Kier molecular flexibility index (Phi) is 5.47. The van der Waals surface area contributed by atoms with Crippen molar-refractivity contribution in [2.45, 2.75) is 12.8 Å². The van der Waals surface area contributed by atoms with Crippen LogP contribution in [0.25, 0.3) is 12.2 Å². The Bertz CT molecular complexity index is 563. The van der Waals surface area contributed by atoms with Gasteiger partial charge in [-0.05, 0) is 11.1 Å². The number of hydrogen-bond acceptors (Lipinski definition) is 2. The quantitative estimate of drug-likeness (QED) is 0.677. The standard InChI is InChI=1S/C14H12.C4H5NO2/c1-3-7-13(8-4-1)11-12-14-9-5-2-6-10-14;6-3-1-2-4(7)5-3/h1-12H;1-2H2,(H,5,6,7)/b12-11+;. The highest BCUT2D eigenvalue weighted by molar-refractivity contribution is 6.01. The normalized spacial score (nSPS) is 13.7. The second-order valence-electron chi connectivity index (χ2n) is 4.63. The molecule has 2 aromatic rings. The summed E-state index contributed by atoms with van der Waals surface area (Å²) in [4.78, 5) is 20.2. The molecule has 1 N–H and O–H groups in total. The summed E-state index contributed by atoms with van der Waals surface area (Å²) in [5, 5.41) is 2.14. The van der Waals surface area contributed by atoms with Crippen LogP contribution < -0.4 is 5.32 Å². The van der Waals surface area contributed by atoms with Crippen LogP contribution in [0.4, 0.5) is 0 Å². The Morgan fingerprint density at radius 2 is 1.05 bits per heavy atom. The van der Waals surface area contributed by atoms with Gasteiger partial charge in [-0.1, -0.05) is 72.8 Å². The van der Waals surface area contributed by atoms with Gasteiger partial charge in [-0.15, -0.1) is 0 Å². The molecule has 1 aliphatic rings. The zero-order valence-corrected chi connectivity index (χ0v) is 11.7. The highest BCUT2D eigenvalue weighted by Gasteiger charge is 2.15. The van der Waals surface area contributed by atoms with E-state index in [9.17, 15) is 9.59 Å². The van der Waals surface area contributed by atoms with E-state index in [1.165, 1.54) is 11.1 Å². The number of nitrogens with one attached hydrogen (secondary N) is 1. The van der Waals surface area contributed by atoms with Gasteiger partial charge in [0.05, 0.1) is 0 Å². The fourth-order valence-corrected chi connectivity index (χ4v) is 1.83. The van der Waals surface area contributed by atoms with Gasteiger partial charge in [-0.25, -0.2) is 0 Å². The minimum absolute atomic E-state index is 0.148. The third-order valence-corrected chi connectivity index (χ3v) is 2.93. The largest absolute Gasteiger partial charge is 0.296 e. The van der Waals surface area contributed by atoms with Gasteiger partial charge in [-0.2, -0.15) is 0 Å². The van der Waals surface area contributed by atoms with Crippen LogP contribution in [0, 0.1) is 0 Å². The molecule has 0 bridgehead atoms. The number of carbonyl (C=O) groups is 2. The van der Waals surface area contributed by atoms with Crippen LogP contribution in [-0.4, -0.2) is 11.8 Å². The first-order valence-corrected chi connectivity index (χ1v) is 6.85. The van der Waals surface area contributed by atoms with E-state index in [0.717, 1.165) is 0 Å². The summed E-state index contributed by atoms with van der Waals surface area (Å²) in [6.07, 6.45) is 4.99. The molecule has 2 aromatic carbocycles. The molecule has 3 heteroatoms. The van der Waals surface area contributed by atoms with Crippen molar-refractivity contribution >= 4 is 24.0 Å². The van der Waals surface area contributed by atoms with Crippen LogP contribution >= 0.6 is 0 Å². The summed E-state index contributed by atoms with van der Waals surface area (Å²) < 4.78 is 0. The molecule has 1 fully saturated rings. The SMILES string of the molecule is C(=C\c1ccccc1)/c1ccccc1.O=C1CCC(=O)N1. The molecule has 0 atom stereocenters. The fourth-order valence-electron chi connectivity index (χ4n) is 1.83. The molecule has 1 aliphatic heterocycles. The first kappa shape index (κ1) is 14.7. The van der Waals surface area contributed by atoms with Gasteiger partial charge >= 0.3 is 0 Å². The Morgan fingerprint density at radius 3 is 1.33 bits per heavy atom. The molecule has 0 spiro atoms. The zero-order chi connectivity index (χ0) is 14.9. The number of benzene rings is 2. The van der Waals surface area contributed by atoms with Crippen molar-refractivity contribution in [2.75, 3.05) is 0 Å². The third-order valence-electron chi connectivity index (χ3n) is 2.93. The summed E-state index contributed by atoms with van der Waals surface area (Å²) in [5.41, 5.74) is 2.47. The molecule has 106 valence electrons. The predicted octanol–water partition coefficient (Wildman–Crippen LogP) is 3.28. The topological polar surface area (TPSA) is 46.2 Å². The molecule has 1 heterocycles. The van der Waals surface area contributed by atoms with Crippen molar-refractivity contribution in [2.24, 2.45) is 0 Å². The van der Waals surface area contributed by atoms with E-state index in [-0.39, 0.29) is 11.8 Å². The average Bonchev–Trinajstić information content (AvgIpc) is 2.91. The number of imide groups is 1. The molecule has 3 rings (SSSR count). The van der Waals surface area contributed by atoms with E-state index >= 15 is 0 Å². The molecule has 1 saturated heterocycles. The second-order valence-corrected chi connectivity index (χ2v) is 4.63. The van der Waals surface area contributed by atoms with Gasteiger partial charge in [0.25, 0.3) is 0 Å². The monoisotopic (exact) mass is 279 g/mol. The molecule has 21 heavy (non-hydrogen) atoms. The van der Waals surface area contributed by atoms with Crippen LogP contribution in [0.15, 0.2) is 60.7 Å². The lowest BCUT2D eigenvalue weighted by atomic mass is 10.1. The zero-order valence-electron chi connectivity index (χ0n) is 11.7. The third kappa shape index (κ3) is 5.45. The van der Waals surface area contributed by atoms with Crippen LogP contribution in [0.2, 0.25) is 0 Å². The predicted molar refractivity (Wildman–Crippen MR) is 84.2 cm³/mol. The number of rotatable bonds is 2. The number of carbonyl (C=O) groups excluding carboxylic acids is 2. The van der Waals surface area contributed by atoms with E-state index in [0.29, 0.717) is 12.8 Å². The highest BCUT2D eigenvalue weighted by atomic mass is 16.2. The Balaban J connectivity index is 0.000000194. The van der Waals surface area contributed by atoms with E-state index < -0.39 is 0 Å². The Labute approximate surface area is 124 Å². The van der Waals surface area contributed by atoms with Gasteiger partial charge in [0.15, 0.2) is 0 Å². The molecular weight excluding hydrogens is 262 g/mol. The summed E-state index contributed by atoms with van der Waals surface area (Å²) >= 11 is 0. The average molecular weight is 279 g/mol. The number of hydrogen-bond donors (Lipinski definition) is 1. The summed E-state index contributed by atoms with van der Waals surface area (Å²) in [6, 6.07) is 20.6. The van der Waals surface area contributed by atoms with Crippen molar-refractivity contribution < 1.29 is 9.59 Å². The van der Waals surface area contributed by atoms with Crippen molar-refractivity contribution in [1.29, 1.82) is 0 Å². The number of amides is 2. The van der Waals surface area contributed by atoms with Gasteiger partial charge in [0.2, 0.25) is 11.8 Å². The van der Waals surface area contributed by atoms with Gasteiger partial charge in [-0.3, -0.25) is 14.9 Å². The molecule has 2 amide bonds. The lowest BCUT2D eigenvalue weighted by molar-refractivity contribution is -0.124. The maximum Gasteiger partial charge on any atom is 0.227 e. The maximum atomic E-state index is 10.1. The Hall–Kier alpha value is -2.68. The van der Waals surface area contributed by atoms with Gasteiger partial charge in [0, 0.05) is 12.8 Å². The van der Waals surface area contributed by atoms with Crippen LogP contribution in [-0.2, 0) is 9.59 Å².